The number of hydrogen-bond acceptors (Lipinski definition) is 3. The van der Waals surface area contributed by atoms with Crippen LogP contribution in [0.2, 0.25) is 0 Å². The number of aromatic hydroxyl groups is 1. The molecule has 0 unspecified atom stereocenters. The van der Waals surface area contributed by atoms with E-state index in [9.17, 15) is 14.7 Å². The molecular weight excluding hydrogens is 328 g/mol. The number of benzene rings is 3. The molecule has 3 aromatic rings. The number of nitrogens with one attached hydrogen (secondary N) is 2. The van der Waals surface area contributed by atoms with Gasteiger partial charge in [-0.15, -0.1) is 0 Å². The summed E-state index contributed by atoms with van der Waals surface area (Å²) in [6.45, 7) is 3.64. The molecule has 0 fully saturated rings. The molecule has 3 aromatic carbocycles. The zero-order valence-corrected chi connectivity index (χ0v) is 14.7. The van der Waals surface area contributed by atoms with E-state index in [0.29, 0.717) is 0 Å². The second-order valence-electron chi connectivity index (χ2n) is 6.21. The van der Waals surface area contributed by atoms with Gasteiger partial charge in [0, 0.05) is 5.69 Å². The molecule has 0 heterocycles. The maximum absolute atomic E-state index is 12.3. The Labute approximate surface area is 151 Å². The molecule has 0 bridgehead atoms. The van der Waals surface area contributed by atoms with E-state index in [1.165, 1.54) is 0 Å². The summed E-state index contributed by atoms with van der Waals surface area (Å²) < 4.78 is 0. The fraction of sp³-hybridized carbons (Fsp3) is 0.143. The number of hydrogen-bond donors (Lipinski definition) is 3. The highest BCUT2D eigenvalue weighted by atomic mass is 16.3. The Morgan fingerprint density at radius 1 is 0.923 bits per heavy atom. The van der Waals surface area contributed by atoms with Crippen molar-refractivity contribution in [3.63, 3.8) is 0 Å². The van der Waals surface area contributed by atoms with Crippen LogP contribution >= 0.6 is 0 Å². The Morgan fingerprint density at radius 2 is 1.54 bits per heavy atom. The van der Waals surface area contributed by atoms with Gasteiger partial charge in [-0.3, -0.25) is 9.59 Å². The summed E-state index contributed by atoms with van der Waals surface area (Å²) in [5.74, 6) is -0.933. The van der Waals surface area contributed by atoms with Gasteiger partial charge in [0.1, 0.15) is 5.75 Å². The number of fused-ring (bicyclic) bond motifs is 1. The predicted octanol–water partition coefficient (Wildman–Crippen LogP) is 3.53. The summed E-state index contributed by atoms with van der Waals surface area (Å²) in [5, 5.41) is 17.1. The SMILES string of the molecule is Cc1cccc(C)c1NC(=O)CNC(=O)c1cc2ccccc2cc1O. The number of phenolic OH excluding ortho intramolecular Hbond substituents is 1. The summed E-state index contributed by atoms with van der Waals surface area (Å²) in [6, 6.07) is 16.3. The Kier molecular flexibility index (Phi) is 4.89. The van der Waals surface area contributed by atoms with Gasteiger partial charge in [0.25, 0.3) is 5.91 Å². The number of phenols is 1. The molecule has 0 saturated heterocycles. The number of rotatable bonds is 4. The van der Waals surface area contributed by atoms with E-state index in [2.05, 4.69) is 10.6 Å². The largest absolute Gasteiger partial charge is 0.507 e. The molecule has 0 saturated carbocycles. The number of aryl methyl sites for hydroxylation is 2. The number of carbonyl (C=O) groups excluding carboxylic acids is 2. The molecular formula is C21H20N2O3. The minimum Gasteiger partial charge on any atom is -0.507 e. The van der Waals surface area contributed by atoms with Crippen molar-refractivity contribution >= 4 is 28.3 Å². The average molecular weight is 348 g/mol. The van der Waals surface area contributed by atoms with Crippen molar-refractivity contribution in [1.29, 1.82) is 0 Å². The number of amides is 2. The maximum atomic E-state index is 12.3. The van der Waals surface area contributed by atoms with Crippen LogP contribution in [0.15, 0.2) is 54.6 Å². The molecule has 0 spiro atoms. The molecule has 5 nitrogen and oxygen atoms in total. The molecule has 0 aliphatic heterocycles. The van der Waals surface area contributed by atoms with Gasteiger partial charge >= 0.3 is 0 Å². The topological polar surface area (TPSA) is 78.4 Å². The standard InChI is InChI=1S/C21H20N2O3/c1-13-6-5-7-14(2)20(13)23-19(25)12-22-21(26)17-10-15-8-3-4-9-16(15)11-18(17)24/h3-11,24H,12H2,1-2H3,(H,22,26)(H,23,25). The van der Waals surface area contributed by atoms with E-state index in [-0.39, 0.29) is 23.8 Å². The third-order valence-electron chi connectivity index (χ3n) is 4.26. The van der Waals surface area contributed by atoms with Crippen molar-refractivity contribution in [3.05, 3.63) is 71.3 Å². The fourth-order valence-electron chi connectivity index (χ4n) is 2.86. The Morgan fingerprint density at radius 3 is 2.19 bits per heavy atom. The lowest BCUT2D eigenvalue weighted by atomic mass is 10.1. The van der Waals surface area contributed by atoms with Crippen LogP contribution in [0.3, 0.4) is 0 Å². The van der Waals surface area contributed by atoms with Crippen LogP contribution in [0.4, 0.5) is 5.69 Å². The lowest BCUT2D eigenvalue weighted by molar-refractivity contribution is -0.115. The highest BCUT2D eigenvalue weighted by Gasteiger charge is 2.14. The number of para-hydroxylation sites is 1. The van der Waals surface area contributed by atoms with Gasteiger partial charge < -0.3 is 15.7 Å². The summed E-state index contributed by atoms with van der Waals surface area (Å²) >= 11 is 0. The third kappa shape index (κ3) is 3.67. The Bertz CT molecular complexity index is 975. The minimum atomic E-state index is -0.495. The van der Waals surface area contributed by atoms with Gasteiger partial charge in [-0.05, 0) is 47.9 Å². The van der Waals surface area contributed by atoms with Crippen LogP contribution in [0.5, 0.6) is 5.75 Å². The normalized spacial score (nSPS) is 10.5. The van der Waals surface area contributed by atoms with Crippen LogP contribution in [-0.2, 0) is 4.79 Å². The van der Waals surface area contributed by atoms with E-state index in [1.807, 2.05) is 56.3 Å². The van der Waals surface area contributed by atoms with Crippen molar-refractivity contribution in [1.82, 2.24) is 5.32 Å². The molecule has 0 aliphatic rings. The molecule has 0 atom stereocenters. The zero-order chi connectivity index (χ0) is 18.7. The van der Waals surface area contributed by atoms with Gasteiger partial charge in [-0.25, -0.2) is 0 Å². The van der Waals surface area contributed by atoms with Gasteiger partial charge in [0.2, 0.25) is 5.91 Å². The lowest BCUT2D eigenvalue weighted by Gasteiger charge is -2.12. The first-order valence-corrected chi connectivity index (χ1v) is 8.32. The van der Waals surface area contributed by atoms with Crippen molar-refractivity contribution in [3.8, 4) is 5.75 Å². The molecule has 132 valence electrons. The first kappa shape index (κ1) is 17.5. The van der Waals surface area contributed by atoms with E-state index in [0.717, 1.165) is 27.6 Å². The van der Waals surface area contributed by atoms with Crippen molar-refractivity contribution in [2.45, 2.75) is 13.8 Å². The van der Waals surface area contributed by atoms with Crippen LogP contribution in [0, 0.1) is 13.8 Å². The van der Waals surface area contributed by atoms with Crippen LogP contribution < -0.4 is 10.6 Å². The quantitative estimate of drug-likeness (QED) is 0.675. The van der Waals surface area contributed by atoms with Crippen molar-refractivity contribution < 1.29 is 14.7 Å². The van der Waals surface area contributed by atoms with Crippen LogP contribution in [0.25, 0.3) is 10.8 Å². The minimum absolute atomic E-state index is 0.114. The molecule has 3 rings (SSSR count). The number of anilines is 1. The van der Waals surface area contributed by atoms with E-state index < -0.39 is 5.91 Å². The first-order valence-electron chi connectivity index (χ1n) is 8.32. The lowest BCUT2D eigenvalue weighted by Crippen LogP contribution is -2.33. The molecule has 2 amide bonds. The monoisotopic (exact) mass is 348 g/mol. The second-order valence-corrected chi connectivity index (χ2v) is 6.21. The van der Waals surface area contributed by atoms with E-state index >= 15 is 0 Å². The summed E-state index contributed by atoms with van der Waals surface area (Å²) in [4.78, 5) is 24.5. The zero-order valence-electron chi connectivity index (χ0n) is 14.7. The molecule has 3 N–H and O–H groups in total. The predicted molar refractivity (Wildman–Crippen MR) is 102 cm³/mol. The average Bonchev–Trinajstić information content (AvgIpc) is 2.62. The molecule has 0 aliphatic carbocycles. The second kappa shape index (κ2) is 7.27. The van der Waals surface area contributed by atoms with Crippen molar-refractivity contribution in [2.75, 3.05) is 11.9 Å². The maximum Gasteiger partial charge on any atom is 0.255 e. The Balaban J connectivity index is 1.69. The molecule has 0 aromatic heterocycles. The molecule has 5 heteroatoms. The fourth-order valence-corrected chi connectivity index (χ4v) is 2.86. The highest BCUT2D eigenvalue weighted by molar-refractivity contribution is 6.04. The summed E-state index contributed by atoms with van der Waals surface area (Å²) in [7, 11) is 0. The first-order chi connectivity index (χ1) is 12.5. The number of carbonyl (C=O) groups is 2. The van der Waals surface area contributed by atoms with Crippen LogP contribution in [-0.4, -0.2) is 23.5 Å². The van der Waals surface area contributed by atoms with Crippen LogP contribution in [0.1, 0.15) is 21.5 Å². The van der Waals surface area contributed by atoms with E-state index in [1.54, 1.807) is 12.1 Å². The van der Waals surface area contributed by atoms with Gasteiger partial charge in [-0.1, -0.05) is 42.5 Å². The molecule has 0 radical (unpaired) electrons. The van der Waals surface area contributed by atoms with Gasteiger partial charge in [-0.2, -0.15) is 0 Å². The summed E-state index contributed by atoms with van der Waals surface area (Å²) in [6.07, 6.45) is 0. The van der Waals surface area contributed by atoms with Crippen molar-refractivity contribution in [2.24, 2.45) is 0 Å². The Hall–Kier alpha value is -3.34. The van der Waals surface area contributed by atoms with Gasteiger partial charge in [0.15, 0.2) is 0 Å². The highest BCUT2D eigenvalue weighted by Crippen LogP contribution is 2.25. The third-order valence-corrected chi connectivity index (χ3v) is 4.26. The summed E-state index contributed by atoms with van der Waals surface area (Å²) in [5.41, 5.74) is 2.80. The smallest absolute Gasteiger partial charge is 0.255 e. The van der Waals surface area contributed by atoms with Gasteiger partial charge in [0.05, 0.1) is 12.1 Å². The molecule has 26 heavy (non-hydrogen) atoms. The van der Waals surface area contributed by atoms with E-state index in [4.69, 9.17) is 0 Å².